The Morgan fingerprint density at radius 3 is 2.76 bits per heavy atom. The van der Waals surface area contributed by atoms with E-state index in [0.29, 0.717) is 5.92 Å². The van der Waals surface area contributed by atoms with E-state index in [1.165, 1.54) is 12.5 Å². The fourth-order valence-corrected chi connectivity index (χ4v) is 2.91. The van der Waals surface area contributed by atoms with Gasteiger partial charge in [0.2, 0.25) is 0 Å². The van der Waals surface area contributed by atoms with Crippen LogP contribution in [0.4, 0.5) is 0 Å². The zero-order valence-electron chi connectivity index (χ0n) is 10.2. The lowest BCUT2D eigenvalue weighted by atomic mass is 9.84. The van der Waals surface area contributed by atoms with Gasteiger partial charge in [-0.05, 0) is 25.2 Å². The van der Waals surface area contributed by atoms with Gasteiger partial charge in [-0.1, -0.05) is 6.92 Å². The SMILES string of the molecule is CC1CCC(N)C(n2cc(S(C)(=O)=O)cn2)C1. The summed E-state index contributed by atoms with van der Waals surface area (Å²) in [6.45, 7) is 2.19. The summed E-state index contributed by atoms with van der Waals surface area (Å²) in [4.78, 5) is 0.267. The molecule has 1 aromatic rings. The molecule has 0 spiro atoms. The first kappa shape index (κ1) is 12.6. The van der Waals surface area contributed by atoms with Crippen LogP contribution >= 0.6 is 0 Å². The molecule has 1 aromatic heterocycles. The lowest BCUT2D eigenvalue weighted by molar-refractivity contribution is 0.232. The van der Waals surface area contributed by atoms with Crippen LogP contribution in [0.5, 0.6) is 0 Å². The van der Waals surface area contributed by atoms with Gasteiger partial charge in [-0.25, -0.2) is 8.42 Å². The molecule has 0 amide bonds. The van der Waals surface area contributed by atoms with Crippen molar-refractivity contribution in [1.82, 2.24) is 9.78 Å². The minimum Gasteiger partial charge on any atom is -0.326 e. The molecule has 0 bridgehead atoms. The van der Waals surface area contributed by atoms with E-state index in [1.807, 2.05) is 0 Å². The van der Waals surface area contributed by atoms with E-state index in [4.69, 9.17) is 5.73 Å². The number of hydrogen-bond acceptors (Lipinski definition) is 4. The number of nitrogens with two attached hydrogens (primary N) is 1. The third-order valence-electron chi connectivity index (χ3n) is 3.48. The largest absolute Gasteiger partial charge is 0.326 e. The number of sulfone groups is 1. The fraction of sp³-hybridized carbons (Fsp3) is 0.727. The summed E-state index contributed by atoms with van der Waals surface area (Å²) >= 11 is 0. The molecule has 1 heterocycles. The predicted molar refractivity (Wildman–Crippen MR) is 65.4 cm³/mol. The summed E-state index contributed by atoms with van der Waals surface area (Å²) in [5.74, 6) is 0.616. The van der Waals surface area contributed by atoms with Crippen LogP contribution in [0.25, 0.3) is 0 Å². The molecule has 3 atom stereocenters. The normalized spacial score (nSPS) is 30.4. The molecule has 2 N–H and O–H groups in total. The molecule has 2 rings (SSSR count). The molecule has 0 aromatic carbocycles. The van der Waals surface area contributed by atoms with Gasteiger partial charge in [-0.3, -0.25) is 4.68 Å². The minimum atomic E-state index is -3.18. The van der Waals surface area contributed by atoms with Gasteiger partial charge in [-0.15, -0.1) is 0 Å². The van der Waals surface area contributed by atoms with Gasteiger partial charge in [0, 0.05) is 18.5 Å². The van der Waals surface area contributed by atoms with Crippen LogP contribution in [0.2, 0.25) is 0 Å². The van der Waals surface area contributed by atoms with Crippen LogP contribution in [-0.2, 0) is 9.84 Å². The average molecular weight is 257 g/mol. The second kappa shape index (κ2) is 4.42. The van der Waals surface area contributed by atoms with Gasteiger partial charge in [0.1, 0.15) is 4.90 Å². The smallest absolute Gasteiger partial charge is 0.178 e. The van der Waals surface area contributed by atoms with E-state index < -0.39 is 9.84 Å². The molecule has 1 aliphatic carbocycles. The van der Waals surface area contributed by atoms with Crippen LogP contribution in [-0.4, -0.2) is 30.5 Å². The lowest BCUT2D eigenvalue weighted by Crippen LogP contribution is -2.37. The van der Waals surface area contributed by atoms with Crippen LogP contribution in [0.1, 0.15) is 32.2 Å². The standard InChI is InChI=1S/C11H19N3O2S/c1-8-3-4-10(12)11(5-8)14-7-9(6-13-14)17(2,15)16/h6-8,10-11H,3-5,12H2,1-2H3. The second-order valence-corrected chi connectivity index (χ2v) is 7.09. The van der Waals surface area contributed by atoms with E-state index in [-0.39, 0.29) is 17.0 Å². The first-order valence-electron chi connectivity index (χ1n) is 5.87. The molecular weight excluding hydrogens is 238 g/mol. The van der Waals surface area contributed by atoms with E-state index in [2.05, 4.69) is 12.0 Å². The van der Waals surface area contributed by atoms with Gasteiger partial charge in [0.05, 0.1) is 12.2 Å². The summed E-state index contributed by atoms with van der Waals surface area (Å²) in [6.07, 6.45) is 7.26. The highest BCUT2D eigenvalue weighted by molar-refractivity contribution is 7.90. The predicted octanol–water partition coefficient (Wildman–Crippen LogP) is 0.975. The quantitative estimate of drug-likeness (QED) is 0.856. The van der Waals surface area contributed by atoms with Crippen molar-refractivity contribution >= 4 is 9.84 Å². The van der Waals surface area contributed by atoms with Crippen molar-refractivity contribution in [2.75, 3.05) is 6.26 Å². The van der Waals surface area contributed by atoms with Crippen molar-refractivity contribution in [2.45, 2.75) is 43.2 Å². The maximum atomic E-state index is 11.4. The molecule has 1 saturated carbocycles. The summed E-state index contributed by atoms with van der Waals surface area (Å²) < 4.78 is 24.5. The third kappa shape index (κ3) is 2.69. The van der Waals surface area contributed by atoms with Crippen LogP contribution in [0.3, 0.4) is 0 Å². The third-order valence-corrected chi connectivity index (χ3v) is 4.54. The van der Waals surface area contributed by atoms with E-state index >= 15 is 0 Å². The zero-order chi connectivity index (χ0) is 12.6. The highest BCUT2D eigenvalue weighted by atomic mass is 32.2. The molecule has 3 unspecified atom stereocenters. The molecular formula is C11H19N3O2S. The Bertz CT molecular complexity index is 495. The molecule has 1 aliphatic rings. The van der Waals surface area contributed by atoms with Gasteiger partial charge >= 0.3 is 0 Å². The number of hydrogen-bond donors (Lipinski definition) is 1. The second-order valence-electron chi connectivity index (χ2n) is 5.08. The van der Waals surface area contributed by atoms with Gasteiger partial charge in [0.15, 0.2) is 9.84 Å². The maximum Gasteiger partial charge on any atom is 0.178 e. The average Bonchev–Trinajstić information content (AvgIpc) is 2.70. The molecule has 0 saturated heterocycles. The summed E-state index contributed by atoms with van der Waals surface area (Å²) in [5.41, 5.74) is 6.08. The molecule has 6 heteroatoms. The van der Waals surface area contributed by atoms with Crippen molar-refractivity contribution in [2.24, 2.45) is 11.7 Å². The summed E-state index contributed by atoms with van der Waals surface area (Å²) in [5, 5.41) is 4.15. The van der Waals surface area contributed by atoms with Crippen molar-refractivity contribution in [3.05, 3.63) is 12.4 Å². The fourth-order valence-electron chi connectivity index (χ4n) is 2.37. The zero-order valence-corrected chi connectivity index (χ0v) is 11.0. The maximum absolute atomic E-state index is 11.4. The van der Waals surface area contributed by atoms with Crippen molar-refractivity contribution in [1.29, 1.82) is 0 Å². The Balaban J connectivity index is 2.25. The summed E-state index contributed by atoms with van der Waals surface area (Å²) in [7, 11) is -3.18. The molecule has 17 heavy (non-hydrogen) atoms. The molecule has 5 nitrogen and oxygen atoms in total. The Kier molecular flexibility index (Phi) is 3.27. The van der Waals surface area contributed by atoms with Gasteiger partial charge in [-0.2, -0.15) is 5.10 Å². The number of aromatic nitrogens is 2. The Morgan fingerprint density at radius 1 is 1.47 bits per heavy atom. The van der Waals surface area contributed by atoms with E-state index in [0.717, 1.165) is 19.3 Å². The van der Waals surface area contributed by atoms with Crippen molar-refractivity contribution in [3.8, 4) is 0 Å². The first-order chi connectivity index (χ1) is 7.88. The number of nitrogens with zero attached hydrogens (tertiary/aromatic N) is 2. The van der Waals surface area contributed by atoms with Crippen LogP contribution < -0.4 is 5.73 Å². The van der Waals surface area contributed by atoms with Crippen LogP contribution in [0.15, 0.2) is 17.3 Å². The highest BCUT2D eigenvalue weighted by Crippen LogP contribution is 2.31. The van der Waals surface area contributed by atoms with Gasteiger partial charge < -0.3 is 5.73 Å². The van der Waals surface area contributed by atoms with Gasteiger partial charge in [0.25, 0.3) is 0 Å². The number of rotatable bonds is 2. The van der Waals surface area contributed by atoms with Crippen molar-refractivity contribution in [3.63, 3.8) is 0 Å². The van der Waals surface area contributed by atoms with E-state index in [1.54, 1.807) is 10.9 Å². The van der Waals surface area contributed by atoms with Crippen molar-refractivity contribution < 1.29 is 8.42 Å². The Labute approximate surface area is 102 Å². The molecule has 0 aliphatic heterocycles. The molecule has 0 radical (unpaired) electrons. The lowest BCUT2D eigenvalue weighted by Gasteiger charge is -2.32. The monoisotopic (exact) mass is 257 g/mol. The van der Waals surface area contributed by atoms with Crippen LogP contribution in [0, 0.1) is 5.92 Å². The summed E-state index contributed by atoms with van der Waals surface area (Å²) in [6, 6.07) is 0.188. The Hall–Kier alpha value is -0.880. The Morgan fingerprint density at radius 2 is 2.18 bits per heavy atom. The first-order valence-corrected chi connectivity index (χ1v) is 7.77. The minimum absolute atomic E-state index is 0.0681. The highest BCUT2D eigenvalue weighted by Gasteiger charge is 2.28. The topological polar surface area (TPSA) is 78.0 Å². The van der Waals surface area contributed by atoms with E-state index in [9.17, 15) is 8.42 Å². The molecule has 96 valence electrons. The molecule has 1 fully saturated rings.